The average molecular weight is 533 g/mol. The number of nitrogens with one attached hydrogen (secondary N) is 3. The Kier molecular flexibility index (Phi) is 7.78. The number of carbonyl (C=O) groups excluding carboxylic acids is 3. The second kappa shape index (κ2) is 11.6. The lowest BCUT2D eigenvalue weighted by atomic mass is 9.97. The molecule has 0 bridgehead atoms. The van der Waals surface area contributed by atoms with Crippen molar-refractivity contribution in [2.24, 2.45) is 0 Å². The predicted octanol–water partition coefficient (Wildman–Crippen LogP) is 4.82. The fourth-order valence-electron chi connectivity index (χ4n) is 4.11. The number of hydrogen-bond donors (Lipinski definition) is 3. The molecular weight excluding hydrogens is 508 g/mol. The van der Waals surface area contributed by atoms with Crippen LogP contribution in [0, 0.1) is 0 Å². The summed E-state index contributed by atoms with van der Waals surface area (Å²) in [7, 11) is 0. The van der Waals surface area contributed by atoms with E-state index in [1.807, 2.05) is 24.3 Å². The molecule has 1 atom stereocenters. The summed E-state index contributed by atoms with van der Waals surface area (Å²) in [6, 6.07) is 17.5. The summed E-state index contributed by atoms with van der Waals surface area (Å²) < 4.78 is 5.44. The van der Waals surface area contributed by atoms with E-state index < -0.39 is 17.9 Å². The topological polar surface area (TPSA) is 119 Å². The molecule has 1 saturated heterocycles. The highest BCUT2D eigenvalue weighted by Crippen LogP contribution is 2.28. The number of hydroxylamine groups is 1. The summed E-state index contributed by atoms with van der Waals surface area (Å²) >= 11 is 6.21. The van der Waals surface area contributed by atoms with Crippen molar-refractivity contribution in [2.45, 2.75) is 32.1 Å². The van der Waals surface area contributed by atoms with Gasteiger partial charge < -0.3 is 15.4 Å². The molecule has 1 fully saturated rings. The molecular formula is C28H25ClN4O5. The quantitative estimate of drug-likeness (QED) is 0.353. The first-order valence-electron chi connectivity index (χ1n) is 12.2. The molecule has 2 aromatic carbocycles. The van der Waals surface area contributed by atoms with E-state index in [0.717, 1.165) is 30.5 Å². The Morgan fingerprint density at radius 2 is 1.76 bits per heavy atom. The number of rotatable bonds is 8. The van der Waals surface area contributed by atoms with E-state index in [1.165, 1.54) is 12.3 Å². The van der Waals surface area contributed by atoms with Crippen LogP contribution in [0.2, 0.25) is 0 Å². The van der Waals surface area contributed by atoms with Crippen LogP contribution in [0.25, 0.3) is 0 Å². The highest BCUT2D eigenvalue weighted by molar-refractivity contribution is 6.50. The molecule has 9 nitrogen and oxygen atoms in total. The van der Waals surface area contributed by atoms with Gasteiger partial charge in [-0.1, -0.05) is 23.7 Å². The predicted molar refractivity (Wildman–Crippen MR) is 142 cm³/mol. The van der Waals surface area contributed by atoms with E-state index in [9.17, 15) is 14.4 Å². The van der Waals surface area contributed by atoms with Gasteiger partial charge in [-0.2, -0.15) is 0 Å². The SMILES string of the molecule is O=C(NOC1CCCCO1)c1ccc(CNc2ccc(NC3=C(Cl)C(=O)c4cccnc4C3=O)cc2)cc1. The van der Waals surface area contributed by atoms with Crippen molar-refractivity contribution in [1.29, 1.82) is 0 Å². The first-order chi connectivity index (χ1) is 18.5. The number of benzene rings is 2. The molecule has 2 heterocycles. The van der Waals surface area contributed by atoms with Crippen molar-refractivity contribution < 1.29 is 24.0 Å². The van der Waals surface area contributed by atoms with Gasteiger partial charge in [-0.05, 0) is 66.9 Å². The van der Waals surface area contributed by atoms with Gasteiger partial charge >= 0.3 is 0 Å². The Morgan fingerprint density at radius 3 is 2.50 bits per heavy atom. The van der Waals surface area contributed by atoms with Crippen molar-refractivity contribution in [2.75, 3.05) is 17.2 Å². The van der Waals surface area contributed by atoms with Crippen LogP contribution in [0.3, 0.4) is 0 Å². The van der Waals surface area contributed by atoms with Gasteiger partial charge in [0.05, 0.1) is 5.56 Å². The van der Waals surface area contributed by atoms with Crippen LogP contribution in [-0.4, -0.2) is 35.4 Å². The van der Waals surface area contributed by atoms with Gasteiger partial charge in [0.15, 0.2) is 6.29 Å². The molecule has 10 heteroatoms. The maximum atomic E-state index is 12.8. The number of ketones is 2. The Hall–Kier alpha value is -4.05. The molecule has 38 heavy (non-hydrogen) atoms. The summed E-state index contributed by atoms with van der Waals surface area (Å²) in [6.45, 7) is 1.18. The van der Waals surface area contributed by atoms with Crippen molar-refractivity contribution >= 4 is 40.4 Å². The second-order valence-corrected chi connectivity index (χ2v) is 9.22. The molecule has 1 aliphatic heterocycles. The van der Waals surface area contributed by atoms with Gasteiger partial charge in [0.1, 0.15) is 16.4 Å². The number of pyridine rings is 1. The molecule has 3 aromatic rings. The molecule has 0 saturated carbocycles. The zero-order chi connectivity index (χ0) is 26.5. The van der Waals surface area contributed by atoms with Gasteiger partial charge in [0, 0.05) is 42.7 Å². The van der Waals surface area contributed by atoms with E-state index in [0.29, 0.717) is 24.4 Å². The van der Waals surface area contributed by atoms with Gasteiger partial charge in [-0.25, -0.2) is 10.3 Å². The summed E-state index contributed by atoms with van der Waals surface area (Å²) in [5.41, 5.74) is 5.65. The van der Waals surface area contributed by atoms with Gasteiger partial charge in [0.25, 0.3) is 5.91 Å². The lowest BCUT2D eigenvalue weighted by Crippen LogP contribution is -2.33. The van der Waals surface area contributed by atoms with Crippen molar-refractivity contribution in [3.63, 3.8) is 0 Å². The average Bonchev–Trinajstić information content (AvgIpc) is 2.97. The smallest absolute Gasteiger partial charge is 0.274 e. The Morgan fingerprint density at radius 1 is 1.00 bits per heavy atom. The molecule has 1 unspecified atom stereocenters. The minimum Gasteiger partial charge on any atom is -0.381 e. The number of Topliss-reactive ketones (excluding diaryl/α,β-unsaturated/α-hetero) is 2. The third kappa shape index (κ3) is 5.75. The number of nitrogens with zero attached hydrogens (tertiary/aromatic N) is 1. The number of allylic oxidation sites excluding steroid dienone is 2. The minimum atomic E-state index is -0.440. The number of hydrogen-bond acceptors (Lipinski definition) is 8. The van der Waals surface area contributed by atoms with Crippen LogP contribution in [-0.2, 0) is 16.1 Å². The molecule has 194 valence electrons. The maximum Gasteiger partial charge on any atom is 0.274 e. The van der Waals surface area contributed by atoms with E-state index in [-0.39, 0.29) is 27.9 Å². The fraction of sp³-hybridized carbons (Fsp3) is 0.214. The van der Waals surface area contributed by atoms with Crippen LogP contribution in [0.15, 0.2) is 77.6 Å². The summed E-state index contributed by atoms with van der Waals surface area (Å²) in [5.74, 6) is -1.20. The fourth-order valence-corrected chi connectivity index (χ4v) is 4.34. The third-order valence-corrected chi connectivity index (χ3v) is 6.56. The van der Waals surface area contributed by atoms with E-state index in [1.54, 1.807) is 30.3 Å². The monoisotopic (exact) mass is 532 g/mol. The summed E-state index contributed by atoms with van der Waals surface area (Å²) in [5, 5.41) is 6.10. The minimum absolute atomic E-state index is 0.00405. The Bertz CT molecular complexity index is 1380. The standard InChI is InChI=1S/C28H25ClN4O5/c29-23-25(27(35)24-21(26(23)34)4-3-14-30-24)32-20-12-10-19(11-13-20)31-16-17-6-8-18(9-7-17)28(36)33-38-22-5-1-2-15-37-22/h3-4,6-14,22,31-32H,1-2,5,15-16H2,(H,33,36). The largest absolute Gasteiger partial charge is 0.381 e. The molecule has 0 spiro atoms. The van der Waals surface area contributed by atoms with Gasteiger partial charge in [0.2, 0.25) is 11.6 Å². The molecule has 1 aromatic heterocycles. The summed E-state index contributed by atoms with van der Waals surface area (Å²) in [4.78, 5) is 47.0. The lowest BCUT2D eigenvalue weighted by Gasteiger charge is -2.22. The molecule has 5 rings (SSSR count). The Balaban J connectivity index is 1.14. The molecule has 3 N–H and O–H groups in total. The van der Waals surface area contributed by atoms with Gasteiger partial charge in [-0.3, -0.25) is 19.4 Å². The number of anilines is 2. The van der Waals surface area contributed by atoms with Crippen molar-refractivity contribution in [3.05, 3.63) is 100.0 Å². The molecule has 0 radical (unpaired) electrons. The first-order valence-corrected chi connectivity index (χ1v) is 12.6. The number of fused-ring (bicyclic) bond motifs is 1. The third-order valence-electron chi connectivity index (χ3n) is 6.20. The zero-order valence-corrected chi connectivity index (χ0v) is 21.1. The molecule has 1 aliphatic carbocycles. The Labute approximate surface area is 224 Å². The normalized spacial score (nSPS) is 17.1. The van der Waals surface area contributed by atoms with Gasteiger partial charge in [-0.15, -0.1) is 0 Å². The first kappa shape index (κ1) is 25.6. The number of aromatic nitrogens is 1. The highest BCUT2D eigenvalue weighted by Gasteiger charge is 2.32. The maximum absolute atomic E-state index is 12.8. The number of amides is 1. The van der Waals surface area contributed by atoms with Crippen LogP contribution in [0.4, 0.5) is 11.4 Å². The number of carbonyl (C=O) groups is 3. The second-order valence-electron chi connectivity index (χ2n) is 8.84. The molecule has 1 amide bonds. The van der Waals surface area contributed by atoms with E-state index in [4.69, 9.17) is 21.2 Å². The van der Waals surface area contributed by atoms with Crippen molar-refractivity contribution in [1.82, 2.24) is 10.5 Å². The number of halogens is 1. The zero-order valence-electron chi connectivity index (χ0n) is 20.3. The summed E-state index contributed by atoms with van der Waals surface area (Å²) in [6.07, 6.45) is 3.85. The van der Waals surface area contributed by atoms with Crippen LogP contribution < -0.4 is 16.1 Å². The van der Waals surface area contributed by atoms with Crippen LogP contribution in [0.5, 0.6) is 0 Å². The number of ether oxygens (including phenoxy) is 1. The van der Waals surface area contributed by atoms with E-state index in [2.05, 4.69) is 21.1 Å². The van der Waals surface area contributed by atoms with Crippen LogP contribution >= 0.6 is 11.6 Å². The van der Waals surface area contributed by atoms with E-state index >= 15 is 0 Å². The highest BCUT2D eigenvalue weighted by atomic mass is 35.5. The van der Waals surface area contributed by atoms with Crippen LogP contribution in [0.1, 0.15) is 56.0 Å². The molecule has 2 aliphatic rings. The lowest BCUT2D eigenvalue weighted by molar-refractivity contribution is -0.186. The van der Waals surface area contributed by atoms with Crippen molar-refractivity contribution in [3.8, 4) is 0 Å².